The molecule has 3 heterocycles. The monoisotopic (exact) mass is 515 g/mol. The lowest BCUT2D eigenvalue weighted by molar-refractivity contribution is 0.0177. The topological polar surface area (TPSA) is 72.9 Å². The first-order chi connectivity index (χ1) is 17.0. The van der Waals surface area contributed by atoms with E-state index in [0.29, 0.717) is 34.9 Å². The van der Waals surface area contributed by atoms with Crippen molar-refractivity contribution in [2.45, 2.75) is 56.8 Å². The average molecular weight is 516 g/mol. The second-order valence-electron chi connectivity index (χ2n) is 9.16. The van der Waals surface area contributed by atoms with Crippen molar-refractivity contribution in [2.75, 3.05) is 21.3 Å². The van der Waals surface area contributed by atoms with Gasteiger partial charge in [-0.15, -0.1) is 11.3 Å². The van der Waals surface area contributed by atoms with Crippen LogP contribution in [0, 0.1) is 0 Å². The van der Waals surface area contributed by atoms with Crippen LogP contribution in [-0.4, -0.2) is 55.2 Å². The molecular formula is C26H30ClN3O4S. The summed E-state index contributed by atoms with van der Waals surface area (Å²) in [5.41, 5.74) is 1.47. The van der Waals surface area contributed by atoms with Crippen LogP contribution in [0.1, 0.15) is 47.5 Å². The summed E-state index contributed by atoms with van der Waals surface area (Å²) in [6.07, 6.45) is 5.36. The van der Waals surface area contributed by atoms with E-state index in [-0.39, 0.29) is 11.9 Å². The predicted octanol–water partition coefficient (Wildman–Crippen LogP) is 5.29. The van der Waals surface area contributed by atoms with Crippen LogP contribution in [0.25, 0.3) is 10.2 Å². The van der Waals surface area contributed by atoms with Crippen LogP contribution in [0.4, 0.5) is 0 Å². The Morgan fingerprint density at radius 2 is 1.80 bits per heavy atom. The van der Waals surface area contributed by atoms with Gasteiger partial charge in [-0.05, 0) is 49.9 Å². The van der Waals surface area contributed by atoms with Gasteiger partial charge in [0.15, 0.2) is 11.5 Å². The lowest BCUT2D eigenvalue weighted by atomic mass is 9.81. The highest BCUT2D eigenvalue weighted by atomic mass is 35.5. The van der Waals surface area contributed by atoms with Gasteiger partial charge in [-0.25, -0.2) is 4.98 Å². The van der Waals surface area contributed by atoms with E-state index in [1.54, 1.807) is 44.8 Å². The number of nitrogens with one attached hydrogen (secondary N) is 1. The number of nitrogens with zero attached hydrogens (tertiary/aromatic N) is 2. The summed E-state index contributed by atoms with van der Waals surface area (Å²) in [6.45, 7) is 0.832. The minimum absolute atomic E-state index is 0.123. The Morgan fingerprint density at radius 3 is 2.40 bits per heavy atom. The van der Waals surface area contributed by atoms with E-state index >= 15 is 0 Å². The third-order valence-electron chi connectivity index (χ3n) is 7.12. The summed E-state index contributed by atoms with van der Waals surface area (Å²) in [5, 5.41) is 5.13. The van der Waals surface area contributed by atoms with E-state index in [4.69, 9.17) is 30.8 Å². The van der Waals surface area contributed by atoms with Crippen LogP contribution in [0.5, 0.6) is 17.2 Å². The fourth-order valence-corrected chi connectivity index (χ4v) is 6.78. The first-order valence-corrected chi connectivity index (χ1v) is 13.1. The molecule has 9 heteroatoms. The van der Waals surface area contributed by atoms with Gasteiger partial charge < -0.3 is 19.5 Å². The van der Waals surface area contributed by atoms with Gasteiger partial charge in [-0.3, -0.25) is 9.69 Å². The standard InChI is InChI=1S/C26H30ClN3O4S/c1-32-21-10-15(11-22(33-2)24(21)34-3)26(31)28-16-12-17-6-4-7-18(13-16)30(17)14-23-29-20-9-5-8-19(27)25(20)35-23/h5,8-11,16-18H,4,6-7,12-14H2,1-3H3,(H,28,31). The molecule has 0 aliphatic carbocycles. The van der Waals surface area contributed by atoms with Crippen molar-refractivity contribution in [3.05, 3.63) is 45.9 Å². The van der Waals surface area contributed by atoms with E-state index in [1.807, 2.05) is 18.2 Å². The summed E-state index contributed by atoms with van der Waals surface area (Å²) in [7, 11) is 4.65. The second kappa shape index (κ2) is 10.2. The number of aromatic nitrogens is 1. The molecule has 7 nitrogen and oxygen atoms in total. The zero-order chi connectivity index (χ0) is 24.5. The summed E-state index contributed by atoms with van der Waals surface area (Å²) in [6, 6.07) is 10.3. The Labute approximate surface area is 214 Å². The first kappa shape index (κ1) is 24.2. The number of rotatable bonds is 7. The zero-order valence-corrected chi connectivity index (χ0v) is 21.7. The second-order valence-corrected chi connectivity index (χ2v) is 10.7. The highest BCUT2D eigenvalue weighted by Crippen LogP contribution is 2.39. The number of carbonyl (C=O) groups is 1. The van der Waals surface area contributed by atoms with Crippen molar-refractivity contribution < 1.29 is 19.0 Å². The van der Waals surface area contributed by atoms with Gasteiger partial charge in [-0.1, -0.05) is 24.1 Å². The summed E-state index contributed by atoms with van der Waals surface area (Å²) in [4.78, 5) is 20.6. The Hall–Kier alpha value is -2.55. The molecule has 2 atom stereocenters. The van der Waals surface area contributed by atoms with Crippen molar-refractivity contribution in [3.63, 3.8) is 0 Å². The molecule has 1 aromatic heterocycles. The summed E-state index contributed by atoms with van der Waals surface area (Å²) in [5.74, 6) is 1.30. The third kappa shape index (κ3) is 4.79. The lowest BCUT2D eigenvalue weighted by Gasteiger charge is -2.48. The summed E-state index contributed by atoms with van der Waals surface area (Å²) >= 11 is 8.06. The number of fused-ring (bicyclic) bond motifs is 3. The van der Waals surface area contributed by atoms with Crippen molar-refractivity contribution in [1.29, 1.82) is 0 Å². The lowest BCUT2D eigenvalue weighted by Crippen LogP contribution is -2.56. The van der Waals surface area contributed by atoms with Crippen LogP contribution in [-0.2, 0) is 6.54 Å². The number of amides is 1. The number of thiazole rings is 1. The fourth-order valence-electron chi connectivity index (χ4n) is 5.52. The number of methoxy groups -OCH3 is 3. The third-order valence-corrected chi connectivity index (χ3v) is 8.63. The molecule has 1 amide bonds. The average Bonchev–Trinajstić information content (AvgIpc) is 3.27. The van der Waals surface area contributed by atoms with Gasteiger partial charge in [0, 0.05) is 23.7 Å². The molecule has 2 fully saturated rings. The molecule has 0 spiro atoms. The van der Waals surface area contributed by atoms with Crippen molar-refractivity contribution in [3.8, 4) is 17.2 Å². The van der Waals surface area contributed by atoms with Crippen molar-refractivity contribution in [2.24, 2.45) is 0 Å². The minimum atomic E-state index is -0.124. The number of carbonyl (C=O) groups excluding carboxylic acids is 1. The van der Waals surface area contributed by atoms with Gasteiger partial charge in [0.25, 0.3) is 5.91 Å². The molecule has 3 aromatic rings. The molecule has 2 aromatic carbocycles. The van der Waals surface area contributed by atoms with E-state index < -0.39 is 0 Å². The van der Waals surface area contributed by atoms with Crippen LogP contribution in [0.3, 0.4) is 0 Å². The molecule has 2 aliphatic heterocycles. The van der Waals surface area contributed by atoms with Crippen LogP contribution >= 0.6 is 22.9 Å². The van der Waals surface area contributed by atoms with Gasteiger partial charge >= 0.3 is 0 Å². The SMILES string of the molecule is COc1cc(C(=O)NC2CC3CCCC(C2)N3Cc2nc3cccc(Cl)c3s2)cc(OC)c1OC. The number of ether oxygens (including phenoxy) is 3. The van der Waals surface area contributed by atoms with E-state index in [0.717, 1.165) is 52.5 Å². The molecule has 186 valence electrons. The predicted molar refractivity (Wildman–Crippen MR) is 138 cm³/mol. The van der Waals surface area contributed by atoms with Crippen molar-refractivity contribution in [1.82, 2.24) is 15.2 Å². The maximum absolute atomic E-state index is 13.2. The Bertz CT molecular complexity index is 1190. The maximum Gasteiger partial charge on any atom is 0.251 e. The fraction of sp³-hybridized carbons (Fsp3) is 0.462. The van der Waals surface area contributed by atoms with E-state index in [2.05, 4.69) is 10.2 Å². The largest absolute Gasteiger partial charge is 0.493 e. The van der Waals surface area contributed by atoms with E-state index in [9.17, 15) is 4.79 Å². The first-order valence-electron chi connectivity index (χ1n) is 11.9. The number of piperidine rings is 2. The van der Waals surface area contributed by atoms with Gasteiger partial charge in [0.2, 0.25) is 5.75 Å². The van der Waals surface area contributed by atoms with Crippen LogP contribution in [0.15, 0.2) is 30.3 Å². The normalized spacial score (nSPS) is 22.1. The van der Waals surface area contributed by atoms with Gasteiger partial charge in [0.05, 0.1) is 43.1 Å². The molecule has 2 unspecified atom stereocenters. The Morgan fingerprint density at radius 1 is 1.11 bits per heavy atom. The van der Waals surface area contributed by atoms with Gasteiger partial charge in [0.1, 0.15) is 5.01 Å². The van der Waals surface area contributed by atoms with Crippen molar-refractivity contribution >= 4 is 39.1 Å². The molecular weight excluding hydrogens is 486 g/mol. The molecule has 1 N–H and O–H groups in total. The molecule has 2 aliphatic rings. The van der Waals surface area contributed by atoms with E-state index in [1.165, 1.54) is 6.42 Å². The Balaban J connectivity index is 1.29. The number of hydrogen-bond donors (Lipinski definition) is 1. The van der Waals surface area contributed by atoms with Crippen LogP contribution < -0.4 is 19.5 Å². The van der Waals surface area contributed by atoms with Crippen LogP contribution in [0.2, 0.25) is 5.02 Å². The van der Waals surface area contributed by atoms with Gasteiger partial charge in [-0.2, -0.15) is 0 Å². The maximum atomic E-state index is 13.2. The highest BCUT2D eigenvalue weighted by molar-refractivity contribution is 7.19. The number of benzene rings is 2. The molecule has 2 saturated heterocycles. The Kier molecular flexibility index (Phi) is 7.05. The zero-order valence-electron chi connectivity index (χ0n) is 20.2. The minimum Gasteiger partial charge on any atom is -0.493 e. The molecule has 0 radical (unpaired) electrons. The number of halogens is 1. The molecule has 2 bridgehead atoms. The number of hydrogen-bond acceptors (Lipinski definition) is 7. The highest BCUT2D eigenvalue weighted by Gasteiger charge is 2.39. The quantitative estimate of drug-likeness (QED) is 0.461. The molecule has 5 rings (SSSR count). The molecule has 0 saturated carbocycles. The smallest absolute Gasteiger partial charge is 0.251 e. The summed E-state index contributed by atoms with van der Waals surface area (Å²) < 4.78 is 17.3. The molecule has 35 heavy (non-hydrogen) atoms.